The molecule has 0 aliphatic carbocycles. The van der Waals surface area contributed by atoms with Crippen molar-refractivity contribution in [2.24, 2.45) is 0 Å². The largest absolute Gasteiger partial charge is 0.487 e. The minimum absolute atomic E-state index is 0.219. The van der Waals surface area contributed by atoms with Crippen LogP contribution >= 0.6 is 23.2 Å². The standard InChI is InChI=1S/C26H25Cl2FN2O3/c1-26(2,3)34-21-7-9-24(30-13-21)33-15-20-11-16-4-6-19(29)10-18(16)14-31(20)25(32)17-5-8-22(27)23(28)12-17/h4-10,12-13,20H,11,14-15H2,1-3H3/t20-/m0/s1. The van der Waals surface area contributed by atoms with Crippen molar-refractivity contribution in [3.63, 3.8) is 0 Å². The van der Waals surface area contributed by atoms with Crippen molar-refractivity contribution < 1.29 is 18.7 Å². The summed E-state index contributed by atoms with van der Waals surface area (Å²) in [6, 6.07) is 12.7. The summed E-state index contributed by atoms with van der Waals surface area (Å²) in [4.78, 5) is 19.4. The lowest BCUT2D eigenvalue weighted by molar-refractivity contribution is 0.0562. The summed E-state index contributed by atoms with van der Waals surface area (Å²) in [7, 11) is 0. The van der Waals surface area contributed by atoms with Crippen LogP contribution in [0.3, 0.4) is 0 Å². The van der Waals surface area contributed by atoms with Gasteiger partial charge in [-0.05, 0) is 74.7 Å². The molecule has 5 nitrogen and oxygen atoms in total. The van der Waals surface area contributed by atoms with E-state index in [2.05, 4.69) is 4.98 Å². The van der Waals surface area contributed by atoms with Gasteiger partial charge in [0.25, 0.3) is 5.91 Å². The molecule has 1 amide bonds. The number of hydrogen-bond donors (Lipinski definition) is 0. The van der Waals surface area contributed by atoms with Gasteiger partial charge in [0, 0.05) is 18.2 Å². The number of nitrogens with zero attached hydrogens (tertiary/aromatic N) is 2. The second-order valence-corrected chi connectivity index (χ2v) is 10.0. The highest BCUT2D eigenvalue weighted by molar-refractivity contribution is 6.42. The van der Waals surface area contributed by atoms with Crippen LogP contribution in [0.1, 0.15) is 42.3 Å². The number of aromatic nitrogens is 1. The Kier molecular flexibility index (Phi) is 7.01. The van der Waals surface area contributed by atoms with E-state index in [1.807, 2.05) is 20.8 Å². The molecule has 1 aliphatic rings. The lowest BCUT2D eigenvalue weighted by atomic mass is 9.93. The van der Waals surface area contributed by atoms with Gasteiger partial charge < -0.3 is 14.4 Å². The average molecular weight is 503 g/mol. The lowest BCUT2D eigenvalue weighted by Crippen LogP contribution is -2.47. The summed E-state index contributed by atoms with van der Waals surface area (Å²) in [6.45, 7) is 6.36. The third kappa shape index (κ3) is 5.80. The van der Waals surface area contributed by atoms with Gasteiger partial charge in [0.15, 0.2) is 0 Å². The molecule has 4 rings (SSSR count). The van der Waals surface area contributed by atoms with Crippen LogP contribution < -0.4 is 9.47 Å². The van der Waals surface area contributed by atoms with Crippen molar-refractivity contribution in [2.75, 3.05) is 6.61 Å². The molecule has 34 heavy (non-hydrogen) atoms. The average Bonchev–Trinajstić information content (AvgIpc) is 2.78. The first-order chi connectivity index (χ1) is 16.1. The zero-order valence-corrected chi connectivity index (χ0v) is 20.7. The molecule has 2 heterocycles. The van der Waals surface area contributed by atoms with Crippen LogP contribution in [0.5, 0.6) is 11.6 Å². The van der Waals surface area contributed by atoms with E-state index in [9.17, 15) is 9.18 Å². The van der Waals surface area contributed by atoms with Crippen molar-refractivity contribution in [3.05, 3.63) is 87.3 Å². The van der Waals surface area contributed by atoms with Gasteiger partial charge >= 0.3 is 0 Å². The van der Waals surface area contributed by atoms with Crippen molar-refractivity contribution in [1.82, 2.24) is 9.88 Å². The van der Waals surface area contributed by atoms with Gasteiger partial charge in [-0.25, -0.2) is 9.37 Å². The highest BCUT2D eigenvalue weighted by atomic mass is 35.5. The predicted molar refractivity (Wildman–Crippen MR) is 130 cm³/mol. The number of pyridine rings is 1. The highest BCUT2D eigenvalue weighted by Gasteiger charge is 2.31. The molecule has 0 saturated carbocycles. The molecule has 0 saturated heterocycles. The van der Waals surface area contributed by atoms with E-state index in [0.29, 0.717) is 33.7 Å². The first-order valence-corrected chi connectivity index (χ1v) is 11.7. The maximum absolute atomic E-state index is 13.9. The number of rotatable bonds is 5. The summed E-state index contributed by atoms with van der Waals surface area (Å²) in [5, 5.41) is 0.666. The van der Waals surface area contributed by atoms with Crippen LogP contribution in [0.2, 0.25) is 10.0 Å². The molecule has 0 N–H and O–H groups in total. The summed E-state index contributed by atoms with van der Waals surface area (Å²) in [5.74, 6) is 0.499. The molecule has 0 unspecified atom stereocenters. The topological polar surface area (TPSA) is 51.7 Å². The SMILES string of the molecule is CC(C)(C)Oc1ccc(OC[C@@H]2Cc3ccc(F)cc3CN2C(=O)c2ccc(Cl)c(Cl)c2)nc1. The maximum Gasteiger partial charge on any atom is 0.254 e. The van der Waals surface area contributed by atoms with Crippen molar-refractivity contribution in [1.29, 1.82) is 0 Å². The van der Waals surface area contributed by atoms with Gasteiger partial charge in [-0.15, -0.1) is 0 Å². The first-order valence-electron chi connectivity index (χ1n) is 10.9. The Morgan fingerprint density at radius 1 is 1.09 bits per heavy atom. The van der Waals surface area contributed by atoms with E-state index in [1.165, 1.54) is 12.1 Å². The van der Waals surface area contributed by atoms with Crippen LogP contribution in [0.15, 0.2) is 54.7 Å². The van der Waals surface area contributed by atoms with E-state index in [1.54, 1.807) is 47.5 Å². The molecular formula is C26H25Cl2FN2O3. The van der Waals surface area contributed by atoms with Gasteiger partial charge in [0.05, 0.1) is 22.3 Å². The van der Waals surface area contributed by atoms with E-state index >= 15 is 0 Å². The first kappa shape index (κ1) is 24.3. The fraction of sp³-hybridized carbons (Fsp3) is 0.308. The molecule has 0 spiro atoms. The summed E-state index contributed by atoms with van der Waals surface area (Å²) in [6.07, 6.45) is 2.13. The van der Waals surface area contributed by atoms with Gasteiger partial charge in [-0.1, -0.05) is 29.3 Å². The molecule has 0 bridgehead atoms. The Morgan fingerprint density at radius 2 is 1.88 bits per heavy atom. The van der Waals surface area contributed by atoms with E-state index in [0.717, 1.165) is 11.1 Å². The van der Waals surface area contributed by atoms with E-state index in [4.69, 9.17) is 32.7 Å². The Balaban J connectivity index is 1.54. The summed E-state index contributed by atoms with van der Waals surface area (Å²) < 4.78 is 25.6. The van der Waals surface area contributed by atoms with E-state index < -0.39 is 0 Å². The van der Waals surface area contributed by atoms with Crippen molar-refractivity contribution >= 4 is 29.1 Å². The summed E-state index contributed by atoms with van der Waals surface area (Å²) >= 11 is 12.1. The zero-order valence-electron chi connectivity index (χ0n) is 19.1. The molecule has 2 aromatic carbocycles. The van der Waals surface area contributed by atoms with Gasteiger partial charge in [0.2, 0.25) is 5.88 Å². The van der Waals surface area contributed by atoms with Crippen LogP contribution in [0.25, 0.3) is 0 Å². The molecule has 1 atom stereocenters. The Morgan fingerprint density at radius 3 is 2.56 bits per heavy atom. The lowest BCUT2D eigenvalue weighted by Gasteiger charge is -2.37. The van der Waals surface area contributed by atoms with E-state index in [-0.39, 0.29) is 36.5 Å². The smallest absolute Gasteiger partial charge is 0.254 e. The number of fused-ring (bicyclic) bond motifs is 1. The van der Waals surface area contributed by atoms with Crippen molar-refractivity contribution in [2.45, 2.75) is 45.4 Å². The molecule has 1 aromatic heterocycles. The summed E-state index contributed by atoms with van der Waals surface area (Å²) in [5.41, 5.74) is 1.83. The third-order valence-electron chi connectivity index (χ3n) is 5.39. The number of amides is 1. The molecule has 0 fully saturated rings. The fourth-order valence-corrected chi connectivity index (χ4v) is 4.14. The van der Waals surface area contributed by atoms with Crippen LogP contribution in [0, 0.1) is 5.82 Å². The third-order valence-corrected chi connectivity index (χ3v) is 6.13. The number of carbonyl (C=O) groups excluding carboxylic acids is 1. The Bertz CT molecular complexity index is 1200. The number of carbonyl (C=O) groups is 1. The minimum Gasteiger partial charge on any atom is -0.487 e. The number of halogens is 3. The van der Waals surface area contributed by atoms with Crippen LogP contribution in [-0.4, -0.2) is 34.0 Å². The molecule has 8 heteroatoms. The van der Waals surface area contributed by atoms with Gasteiger partial charge in [-0.2, -0.15) is 0 Å². The molecule has 178 valence electrons. The van der Waals surface area contributed by atoms with Crippen molar-refractivity contribution in [3.8, 4) is 11.6 Å². The number of ether oxygens (including phenoxy) is 2. The van der Waals surface area contributed by atoms with Crippen LogP contribution in [0.4, 0.5) is 4.39 Å². The molecule has 3 aromatic rings. The van der Waals surface area contributed by atoms with Gasteiger partial charge in [-0.3, -0.25) is 4.79 Å². The maximum atomic E-state index is 13.9. The Hall–Kier alpha value is -2.83. The molecule has 0 radical (unpaired) electrons. The Labute approximate surface area is 208 Å². The normalized spacial score (nSPS) is 15.6. The predicted octanol–water partition coefficient (Wildman–Crippen LogP) is 6.35. The van der Waals surface area contributed by atoms with Gasteiger partial charge in [0.1, 0.15) is 23.8 Å². The molecule has 1 aliphatic heterocycles. The highest BCUT2D eigenvalue weighted by Crippen LogP contribution is 2.29. The quantitative estimate of drug-likeness (QED) is 0.407. The fourth-order valence-electron chi connectivity index (χ4n) is 3.85. The zero-order chi connectivity index (χ0) is 24.5. The minimum atomic E-state index is -0.336. The molecular weight excluding hydrogens is 478 g/mol. The second-order valence-electron chi connectivity index (χ2n) is 9.19. The monoisotopic (exact) mass is 502 g/mol. The number of benzene rings is 2. The second kappa shape index (κ2) is 9.80. The number of hydrogen-bond acceptors (Lipinski definition) is 4. The van der Waals surface area contributed by atoms with Crippen LogP contribution in [-0.2, 0) is 13.0 Å².